The molecule has 8 heteroatoms. The molecule has 0 saturated carbocycles. The molecule has 0 atom stereocenters. The molecular weight excluding hydrogens is 287 g/mol. The fraction of sp³-hybridized carbons (Fsp3) is 0.154. The molecule has 1 N–H and O–H groups in total. The van der Waals surface area contributed by atoms with Crippen LogP contribution in [0.5, 0.6) is 0 Å². The minimum Gasteiger partial charge on any atom is -0.453 e. The summed E-state index contributed by atoms with van der Waals surface area (Å²) in [4.78, 5) is 18.5. The second-order valence-corrected chi connectivity index (χ2v) is 3.91. The molecule has 0 aliphatic rings. The summed E-state index contributed by atoms with van der Waals surface area (Å²) >= 11 is 0. The lowest BCUT2D eigenvalue weighted by Gasteiger charge is -2.07. The quantitative estimate of drug-likeness (QED) is 0.943. The second kappa shape index (κ2) is 6.21. The number of hydrogen-bond acceptors (Lipinski definition) is 4. The molecule has 5 nitrogen and oxygen atoms in total. The molecule has 1 amide bonds. The van der Waals surface area contributed by atoms with E-state index in [0.717, 1.165) is 6.07 Å². The first-order chi connectivity index (χ1) is 10.0. The minimum atomic E-state index is -3.01. The van der Waals surface area contributed by atoms with Gasteiger partial charge < -0.3 is 4.74 Å². The summed E-state index contributed by atoms with van der Waals surface area (Å²) in [5.41, 5.74) is -0.382. The highest BCUT2D eigenvalue weighted by molar-refractivity contribution is 5.84. The van der Waals surface area contributed by atoms with Crippen LogP contribution in [0.4, 0.5) is 23.8 Å². The van der Waals surface area contributed by atoms with Gasteiger partial charge in [-0.15, -0.1) is 0 Å². The van der Waals surface area contributed by atoms with Gasteiger partial charge in [0.15, 0.2) is 5.82 Å². The highest BCUT2D eigenvalue weighted by atomic mass is 19.3. The van der Waals surface area contributed by atoms with Crippen LogP contribution in [0, 0.1) is 5.82 Å². The number of nitrogens with one attached hydrogen (secondary N) is 1. The number of anilines is 1. The van der Waals surface area contributed by atoms with Crippen LogP contribution < -0.4 is 5.32 Å². The van der Waals surface area contributed by atoms with Gasteiger partial charge in [0.05, 0.1) is 12.8 Å². The third kappa shape index (κ3) is 3.47. The molecule has 21 heavy (non-hydrogen) atoms. The fourth-order valence-electron chi connectivity index (χ4n) is 1.59. The standard InChI is InChI=1S/C13H10F3N3O2/c1-21-13(20)19-10-6-7(4-5-17-10)9-3-2-8(14)11(18-9)12(15)16/h2-6,12H,1H3,(H,17,19,20). The number of amides is 1. The van der Waals surface area contributed by atoms with Gasteiger partial charge in [-0.1, -0.05) is 0 Å². The highest BCUT2D eigenvalue weighted by Gasteiger charge is 2.16. The van der Waals surface area contributed by atoms with E-state index in [9.17, 15) is 18.0 Å². The lowest BCUT2D eigenvalue weighted by Crippen LogP contribution is -2.12. The summed E-state index contributed by atoms with van der Waals surface area (Å²) in [5.74, 6) is -0.917. The molecule has 2 aromatic heterocycles. The van der Waals surface area contributed by atoms with E-state index >= 15 is 0 Å². The number of halogens is 3. The van der Waals surface area contributed by atoms with Gasteiger partial charge >= 0.3 is 6.09 Å². The molecule has 2 rings (SSSR count). The van der Waals surface area contributed by atoms with Crippen molar-refractivity contribution in [2.45, 2.75) is 6.43 Å². The van der Waals surface area contributed by atoms with Crippen LogP contribution >= 0.6 is 0 Å². The van der Waals surface area contributed by atoms with Crippen molar-refractivity contribution < 1.29 is 22.7 Å². The number of methoxy groups -OCH3 is 1. The Hall–Kier alpha value is -2.64. The zero-order valence-corrected chi connectivity index (χ0v) is 10.8. The maximum Gasteiger partial charge on any atom is 0.412 e. The average Bonchev–Trinajstić information content (AvgIpc) is 2.47. The summed E-state index contributed by atoms with van der Waals surface area (Å²) in [6.07, 6.45) is -2.38. The topological polar surface area (TPSA) is 64.1 Å². The Kier molecular flexibility index (Phi) is 4.36. The maximum absolute atomic E-state index is 13.2. The van der Waals surface area contributed by atoms with Crippen molar-refractivity contribution in [3.05, 3.63) is 42.0 Å². The van der Waals surface area contributed by atoms with E-state index in [1.165, 1.54) is 31.5 Å². The third-order valence-corrected chi connectivity index (χ3v) is 2.55. The lowest BCUT2D eigenvalue weighted by atomic mass is 10.1. The largest absolute Gasteiger partial charge is 0.453 e. The SMILES string of the molecule is COC(=O)Nc1cc(-c2ccc(F)c(C(F)F)n2)ccn1. The Morgan fingerprint density at radius 3 is 2.76 bits per heavy atom. The van der Waals surface area contributed by atoms with Gasteiger partial charge in [-0.05, 0) is 24.3 Å². The van der Waals surface area contributed by atoms with Crippen LogP contribution in [0.2, 0.25) is 0 Å². The van der Waals surface area contributed by atoms with E-state index in [0.29, 0.717) is 5.56 Å². The Morgan fingerprint density at radius 2 is 2.10 bits per heavy atom. The van der Waals surface area contributed by atoms with Crippen LogP contribution in [0.3, 0.4) is 0 Å². The van der Waals surface area contributed by atoms with Gasteiger partial charge in [-0.25, -0.2) is 27.9 Å². The number of rotatable bonds is 3. The average molecular weight is 297 g/mol. The van der Waals surface area contributed by atoms with Gasteiger partial charge in [-0.3, -0.25) is 5.32 Å². The molecule has 0 saturated heterocycles. The number of hydrogen-bond donors (Lipinski definition) is 1. The molecule has 2 heterocycles. The van der Waals surface area contributed by atoms with Gasteiger partial charge in [0.1, 0.15) is 11.5 Å². The summed E-state index contributed by atoms with van der Waals surface area (Å²) < 4.78 is 42.9. The van der Waals surface area contributed by atoms with Crippen LogP contribution in [-0.2, 0) is 4.74 Å². The van der Waals surface area contributed by atoms with Gasteiger partial charge in [-0.2, -0.15) is 0 Å². The summed E-state index contributed by atoms with van der Waals surface area (Å²) in [7, 11) is 1.19. The Balaban J connectivity index is 2.36. The first kappa shape index (κ1) is 14.8. The molecule has 0 fully saturated rings. The monoisotopic (exact) mass is 297 g/mol. The lowest BCUT2D eigenvalue weighted by molar-refractivity contribution is 0.140. The molecule has 0 spiro atoms. The summed E-state index contributed by atoms with van der Waals surface area (Å²) in [5, 5.41) is 2.33. The first-order valence-electron chi connectivity index (χ1n) is 5.77. The number of alkyl halides is 2. The number of carbonyl (C=O) groups excluding carboxylic acids is 1. The van der Waals surface area contributed by atoms with Gasteiger partial charge in [0.25, 0.3) is 6.43 Å². The van der Waals surface area contributed by atoms with Crippen molar-refractivity contribution in [2.24, 2.45) is 0 Å². The van der Waals surface area contributed by atoms with Crippen molar-refractivity contribution in [1.82, 2.24) is 9.97 Å². The zero-order valence-electron chi connectivity index (χ0n) is 10.8. The van der Waals surface area contributed by atoms with Gasteiger partial charge in [0, 0.05) is 11.8 Å². The Labute approximate surface area is 117 Å². The van der Waals surface area contributed by atoms with Crippen molar-refractivity contribution >= 4 is 11.9 Å². The molecule has 0 aliphatic heterocycles. The predicted octanol–water partition coefficient (Wildman–Crippen LogP) is 3.40. The molecule has 110 valence electrons. The molecule has 0 aliphatic carbocycles. The predicted molar refractivity (Wildman–Crippen MR) is 68.4 cm³/mol. The number of nitrogens with zero attached hydrogens (tertiary/aromatic N) is 2. The molecule has 0 unspecified atom stereocenters. The number of pyridine rings is 2. The first-order valence-corrected chi connectivity index (χ1v) is 5.77. The van der Waals surface area contributed by atoms with E-state index in [2.05, 4.69) is 20.0 Å². The van der Waals surface area contributed by atoms with E-state index in [1.54, 1.807) is 0 Å². The van der Waals surface area contributed by atoms with Crippen LogP contribution in [0.25, 0.3) is 11.3 Å². The minimum absolute atomic E-state index is 0.141. The number of carbonyl (C=O) groups is 1. The van der Waals surface area contributed by atoms with E-state index in [1.807, 2.05) is 0 Å². The Morgan fingerprint density at radius 1 is 1.33 bits per heavy atom. The van der Waals surface area contributed by atoms with Crippen molar-refractivity contribution in [3.8, 4) is 11.3 Å². The Bertz CT molecular complexity index is 665. The van der Waals surface area contributed by atoms with Crippen LogP contribution in [0.15, 0.2) is 30.5 Å². The van der Waals surface area contributed by atoms with Gasteiger partial charge in [0.2, 0.25) is 0 Å². The van der Waals surface area contributed by atoms with Crippen molar-refractivity contribution in [2.75, 3.05) is 12.4 Å². The third-order valence-electron chi connectivity index (χ3n) is 2.55. The van der Waals surface area contributed by atoms with Crippen molar-refractivity contribution in [3.63, 3.8) is 0 Å². The maximum atomic E-state index is 13.2. The second-order valence-electron chi connectivity index (χ2n) is 3.91. The molecule has 2 aromatic rings. The fourth-order valence-corrected chi connectivity index (χ4v) is 1.59. The molecule has 0 bridgehead atoms. The highest BCUT2D eigenvalue weighted by Crippen LogP contribution is 2.25. The van der Waals surface area contributed by atoms with Crippen LogP contribution in [0.1, 0.15) is 12.1 Å². The smallest absolute Gasteiger partial charge is 0.412 e. The summed E-state index contributed by atoms with van der Waals surface area (Å²) in [6, 6.07) is 5.08. The number of aromatic nitrogens is 2. The molecule has 0 aromatic carbocycles. The molecule has 0 radical (unpaired) electrons. The van der Waals surface area contributed by atoms with Crippen LogP contribution in [-0.4, -0.2) is 23.2 Å². The normalized spacial score (nSPS) is 10.5. The molecular formula is C13H10F3N3O2. The van der Waals surface area contributed by atoms with Crippen molar-refractivity contribution in [1.29, 1.82) is 0 Å². The van der Waals surface area contributed by atoms with E-state index in [-0.39, 0.29) is 11.5 Å². The zero-order chi connectivity index (χ0) is 15.4. The number of ether oxygens (including phenoxy) is 1. The summed E-state index contributed by atoms with van der Waals surface area (Å²) in [6.45, 7) is 0. The van der Waals surface area contributed by atoms with E-state index < -0.39 is 24.0 Å². The van der Waals surface area contributed by atoms with E-state index in [4.69, 9.17) is 0 Å².